The van der Waals surface area contributed by atoms with E-state index in [1.165, 1.54) is 5.56 Å². The summed E-state index contributed by atoms with van der Waals surface area (Å²) in [5, 5.41) is 3.48. The molecular weight excluding hydrogens is 503 g/mol. The van der Waals surface area contributed by atoms with Crippen LogP contribution in [0.25, 0.3) is 0 Å². The summed E-state index contributed by atoms with van der Waals surface area (Å²) in [4.78, 5) is 17.8. The Morgan fingerprint density at radius 1 is 1.23 bits per heavy atom. The van der Waals surface area contributed by atoms with E-state index < -0.39 is 5.91 Å². The number of piperidine rings is 1. The number of carbonyl (C=O) groups excluding carboxylic acids is 1. The molecule has 1 amide bonds. The molecule has 0 bridgehead atoms. The van der Waals surface area contributed by atoms with Gasteiger partial charge in [0, 0.05) is 26.7 Å². The predicted molar refractivity (Wildman–Crippen MR) is 136 cm³/mol. The second-order valence-electron chi connectivity index (χ2n) is 7.72. The van der Waals surface area contributed by atoms with Crippen LogP contribution in [0.15, 0.2) is 59.6 Å². The van der Waals surface area contributed by atoms with E-state index >= 15 is 0 Å². The van der Waals surface area contributed by atoms with Crippen LogP contribution in [0.2, 0.25) is 0 Å². The fraction of sp³-hybridized carbons (Fsp3) is 0.417. The molecule has 1 heterocycles. The van der Waals surface area contributed by atoms with Gasteiger partial charge in [-0.1, -0.05) is 55.8 Å². The molecule has 7 heteroatoms. The Balaban J connectivity index is 0.00000341. The second kappa shape index (κ2) is 12.5. The number of hydrogen-bond donors (Lipinski definition) is 2. The van der Waals surface area contributed by atoms with Crippen molar-refractivity contribution < 1.29 is 9.53 Å². The minimum Gasteiger partial charge on any atom is -0.484 e. The van der Waals surface area contributed by atoms with Crippen LogP contribution in [-0.4, -0.2) is 43.5 Å². The second-order valence-corrected chi connectivity index (χ2v) is 7.72. The Labute approximate surface area is 202 Å². The minimum atomic E-state index is -0.483. The zero-order chi connectivity index (χ0) is 21.3. The van der Waals surface area contributed by atoms with Crippen LogP contribution in [0, 0.1) is 5.92 Å². The third-order valence-corrected chi connectivity index (χ3v) is 5.73. The molecule has 0 saturated carbocycles. The molecule has 3 rings (SSSR count). The first-order chi connectivity index (χ1) is 14.6. The van der Waals surface area contributed by atoms with Crippen molar-refractivity contribution in [3.8, 4) is 5.75 Å². The van der Waals surface area contributed by atoms with Gasteiger partial charge in [-0.3, -0.25) is 9.79 Å². The molecule has 0 aromatic heterocycles. The molecule has 2 atom stereocenters. The van der Waals surface area contributed by atoms with Crippen LogP contribution >= 0.6 is 24.0 Å². The van der Waals surface area contributed by atoms with Gasteiger partial charge in [0.05, 0.1) is 0 Å². The molecule has 1 aliphatic rings. The van der Waals surface area contributed by atoms with E-state index in [4.69, 9.17) is 10.5 Å². The highest BCUT2D eigenvalue weighted by atomic mass is 127. The summed E-state index contributed by atoms with van der Waals surface area (Å²) in [5.41, 5.74) is 7.65. The summed E-state index contributed by atoms with van der Waals surface area (Å²) >= 11 is 0. The fourth-order valence-corrected chi connectivity index (χ4v) is 4.19. The van der Waals surface area contributed by atoms with Crippen LogP contribution in [0.5, 0.6) is 5.75 Å². The summed E-state index contributed by atoms with van der Waals surface area (Å²) in [5.74, 6) is 2.28. The monoisotopic (exact) mass is 536 g/mol. The van der Waals surface area contributed by atoms with Crippen LogP contribution < -0.4 is 15.8 Å². The standard InChI is InChI=1S/C24H32N4O2.HI/c1-3-19-16-28(13-12-22(19)20-9-5-4-6-10-20)24(26-2)27-15-18-8-7-11-21(14-18)30-17-23(25)29;/h4-11,14,19,22H,3,12-13,15-17H2,1-2H3,(H2,25,29)(H,26,27);1H. The van der Waals surface area contributed by atoms with Crippen LogP contribution in [0.3, 0.4) is 0 Å². The number of benzene rings is 2. The number of likely N-dealkylation sites (tertiary alicyclic amines) is 1. The number of carbonyl (C=O) groups is 1. The van der Waals surface area contributed by atoms with Crippen molar-refractivity contribution in [3.05, 3.63) is 65.7 Å². The average Bonchev–Trinajstić information content (AvgIpc) is 2.79. The predicted octanol–water partition coefficient (Wildman–Crippen LogP) is 3.76. The Kier molecular flexibility index (Phi) is 10.1. The summed E-state index contributed by atoms with van der Waals surface area (Å²) in [7, 11) is 1.83. The molecule has 2 unspecified atom stereocenters. The van der Waals surface area contributed by atoms with E-state index in [1.807, 2.05) is 31.3 Å². The number of guanidine groups is 1. The first-order valence-corrected chi connectivity index (χ1v) is 10.6. The maximum Gasteiger partial charge on any atom is 0.255 e. The zero-order valence-electron chi connectivity index (χ0n) is 18.3. The molecule has 168 valence electrons. The van der Waals surface area contributed by atoms with Crippen LogP contribution in [0.1, 0.15) is 36.8 Å². The van der Waals surface area contributed by atoms with Crippen molar-refractivity contribution in [2.24, 2.45) is 16.6 Å². The number of ether oxygens (including phenoxy) is 1. The zero-order valence-corrected chi connectivity index (χ0v) is 20.6. The number of nitrogens with zero attached hydrogens (tertiary/aromatic N) is 2. The van der Waals surface area contributed by atoms with E-state index in [0.29, 0.717) is 24.1 Å². The van der Waals surface area contributed by atoms with Crippen molar-refractivity contribution in [2.45, 2.75) is 32.2 Å². The van der Waals surface area contributed by atoms with Gasteiger partial charge in [0.1, 0.15) is 5.75 Å². The highest BCUT2D eigenvalue weighted by Gasteiger charge is 2.30. The molecule has 1 fully saturated rings. The van der Waals surface area contributed by atoms with Crippen LogP contribution in [-0.2, 0) is 11.3 Å². The fourth-order valence-electron chi connectivity index (χ4n) is 4.19. The Bertz CT molecular complexity index is 860. The van der Waals surface area contributed by atoms with E-state index in [-0.39, 0.29) is 30.6 Å². The first kappa shape index (κ1) is 25.0. The number of halogens is 1. The smallest absolute Gasteiger partial charge is 0.255 e. The molecule has 1 saturated heterocycles. The molecule has 0 radical (unpaired) electrons. The molecular formula is C24H33IN4O2. The van der Waals surface area contributed by atoms with Gasteiger partial charge in [-0.25, -0.2) is 0 Å². The first-order valence-electron chi connectivity index (χ1n) is 10.6. The Morgan fingerprint density at radius 2 is 2.00 bits per heavy atom. The number of amides is 1. The Hall–Kier alpha value is -2.29. The van der Waals surface area contributed by atoms with Crippen molar-refractivity contribution in [1.82, 2.24) is 10.2 Å². The van der Waals surface area contributed by atoms with E-state index in [1.54, 1.807) is 0 Å². The van der Waals surface area contributed by atoms with Gasteiger partial charge in [0.2, 0.25) is 0 Å². The quantitative estimate of drug-likeness (QED) is 0.321. The highest BCUT2D eigenvalue weighted by molar-refractivity contribution is 14.0. The maximum atomic E-state index is 10.9. The van der Waals surface area contributed by atoms with Gasteiger partial charge in [0.25, 0.3) is 5.91 Å². The molecule has 2 aromatic rings. The summed E-state index contributed by atoms with van der Waals surface area (Å²) < 4.78 is 5.40. The molecule has 2 aromatic carbocycles. The lowest BCUT2D eigenvalue weighted by Gasteiger charge is -2.40. The number of rotatable bonds is 7. The summed E-state index contributed by atoms with van der Waals surface area (Å²) in [6, 6.07) is 18.5. The van der Waals surface area contributed by atoms with E-state index in [9.17, 15) is 4.79 Å². The third kappa shape index (κ3) is 7.12. The normalized spacial score (nSPS) is 18.8. The third-order valence-electron chi connectivity index (χ3n) is 5.73. The molecule has 1 aliphatic heterocycles. The van der Waals surface area contributed by atoms with Crippen LogP contribution in [0.4, 0.5) is 0 Å². The van der Waals surface area contributed by atoms with Crippen molar-refractivity contribution >= 4 is 35.8 Å². The number of aliphatic imine (C=N–C) groups is 1. The largest absolute Gasteiger partial charge is 0.484 e. The lowest BCUT2D eigenvalue weighted by molar-refractivity contribution is -0.119. The Morgan fingerprint density at radius 3 is 2.68 bits per heavy atom. The van der Waals surface area contributed by atoms with Crippen molar-refractivity contribution in [2.75, 3.05) is 26.7 Å². The van der Waals surface area contributed by atoms with E-state index in [0.717, 1.165) is 37.5 Å². The van der Waals surface area contributed by atoms with Crippen molar-refractivity contribution in [1.29, 1.82) is 0 Å². The molecule has 0 aliphatic carbocycles. The number of primary amides is 1. The molecule has 31 heavy (non-hydrogen) atoms. The molecule has 3 N–H and O–H groups in total. The molecule has 0 spiro atoms. The topological polar surface area (TPSA) is 79.9 Å². The van der Waals surface area contributed by atoms with Gasteiger partial charge >= 0.3 is 0 Å². The minimum absolute atomic E-state index is 0. The summed E-state index contributed by atoms with van der Waals surface area (Å²) in [6.45, 7) is 4.77. The van der Waals surface area contributed by atoms with Gasteiger partial charge < -0.3 is 20.7 Å². The lowest BCUT2D eigenvalue weighted by atomic mass is 9.79. The SMILES string of the molecule is CCC1CN(C(=NC)NCc2cccc(OCC(N)=O)c2)CCC1c1ccccc1.I. The van der Waals surface area contributed by atoms with E-state index in [2.05, 4.69) is 52.5 Å². The summed E-state index contributed by atoms with van der Waals surface area (Å²) in [6.07, 6.45) is 2.27. The highest BCUT2D eigenvalue weighted by Crippen LogP contribution is 2.34. The van der Waals surface area contributed by atoms with Gasteiger partial charge in [-0.15, -0.1) is 24.0 Å². The maximum absolute atomic E-state index is 10.9. The van der Waals surface area contributed by atoms with Gasteiger partial charge in [-0.05, 0) is 41.5 Å². The number of nitrogens with two attached hydrogens (primary N) is 1. The number of hydrogen-bond acceptors (Lipinski definition) is 3. The van der Waals surface area contributed by atoms with Gasteiger partial charge in [-0.2, -0.15) is 0 Å². The lowest BCUT2D eigenvalue weighted by Crippen LogP contribution is -2.48. The number of nitrogens with one attached hydrogen (secondary N) is 1. The van der Waals surface area contributed by atoms with Crippen molar-refractivity contribution in [3.63, 3.8) is 0 Å². The average molecular weight is 536 g/mol. The molecule has 6 nitrogen and oxygen atoms in total. The van der Waals surface area contributed by atoms with Gasteiger partial charge in [0.15, 0.2) is 12.6 Å².